The van der Waals surface area contributed by atoms with Gasteiger partial charge in [0.1, 0.15) is 23.0 Å². The van der Waals surface area contributed by atoms with Crippen molar-refractivity contribution >= 4 is 0 Å². The molecule has 0 saturated heterocycles. The molecule has 0 fully saturated rings. The van der Waals surface area contributed by atoms with Crippen LogP contribution >= 0.6 is 0 Å². The molecule has 0 unspecified atom stereocenters. The Kier molecular flexibility index (Phi) is 4.87. The first kappa shape index (κ1) is 15.7. The molecule has 0 aliphatic heterocycles. The van der Waals surface area contributed by atoms with Gasteiger partial charge in [0.25, 0.3) is 0 Å². The van der Waals surface area contributed by atoms with Gasteiger partial charge in [-0.15, -0.1) is 0 Å². The van der Waals surface area contributed by atoms with Gasteiger partial charge in [-0.25, -0.2) is 0 Å². The van der Waals surface area contributed by atoms with Crippen LogP contribution < -0.4 is 18.9 Å². The average Bonchev–Trinajstić information content (AvgIpc) is 2.64. The van der Waals surface area contributed by atoms with Crippen molar-refractivity contribution < 1.29 is 18.9 Å². The van der Waals surface area contributed by atoms with E-state index in [1.54, 1.807) is 14.2 Å². The SMILES string of the molecule is COc1cccc(Oc2ccccc2Oc2cccc(OC)c2)c1. The molecule has 0 aliphatic carbocycles. The largest absolute Gasteiger partial charge is 0.497 e. The fraction of sp³-hybridized carbons (Fsp3) is 0.100. The molecule has 3 rings (SSSR count). The maximum Gasteiger partial charge on any atom is 0.169 e. The smallest absolute Gasteiger partial charge is 0.169 e. The number of hydrogen-bond donors (Lipinski definition) is 0. The lowest BCUT2D eigenvalue weighted by molar-refractivity contribution is 0.396. The van der Waals surface area contributed by atoms with Crippen LogP contribution in [-0.2, 0) is 0 Å². The van der Waals surface area contributed by atoms with Crippen molar-refractivity contribution in [1.82, 2.24) is 0 Å². The summed E-state index contributed by atoms with van der Waals surface area (Å²) in [5.74, 6) is 4.06. The highest BCUT2D eigenvalue weighted by molar-refractivity contribution is 5.47. The summed E-state index contributed by atoms with van der Waals surface area (Å²) in [6.45, 7) is 0. The lowest BCUT2D eigenvalue weighted by Gasteiger charge is -2.13. The van der Waals surface area contributed by atoms with Crippen LogP contribution in [0.3, 0.4) is 0 Å². The van der Waals surface area contributed by atoms with Crippen LogP contribution in [0.15, 0.2) is 72.8 Å². The highest BCUT2D eigenvalue weighted by Gasteiger charge is 2.08. The second-order valence-corrected chi connectivity index (χ2v) is 5.01. The zero-order valence-electron chi connectivity index (χ0n) is 13.6. The third kappa shape index (κ3) is 3.79. The lowest BCUT2D eigenvalue weighted by Crippen LogP contribution is -1.91. The van der Waals surface area contributed by atoms with Crippen LogP contribution in [0.25, 0.3) is 0 Å². The number of hydrogen-bond acceptors (Lipinski definition) is 4. The van der Waals surface area contributed by atoms with Gasteiger partial charge >= 0.3 is 0 Å². The zero-order valence-corrected chi connectivity index (χ0v) is 13.6. The van der Waals surface area contributed by atoms with E-state index in [1.807, 2.05) is 72.8 Å². The van der Waals surface area contributed by atoms with Crippen LogP contribution in [0.1, 0.15) is 0 Å². The monoisotopic (exact) mass is 322 g/mol. The van der Waals surface area contributed by atoms with Gasteiger partial charge in [-0.05, 0) is 36.4 Å². The van der Waals surface area contributed by atoms with Gasteiger partial charge in [-0.3, -0.25) is 0 Å². The number of rotatable bonds is 6. The quantitative estimate of drug-likeness (QED) is 0.618. The summed E-state index contributed by atoms with van der Waals surface area (Å²) in [6, 6.07) is 22.4. The molecule has 0 heterocycles. The molecule has 0 amide bonds. The molecule has 0 spiro atoms. The Balaban J connectivity index is 1.84. The first-order chi connectivity index (χ1) is 11.8. The normalized spacial score (nSPS) is 10.1. The van der Waals surface area contributed by atoms with Crippen LogP contribution in [0.4, 0.5) is 0 Å². The second kappa shape index (κ2) is 7.42. The van der Waals surface area contributed by atoms with Crippen molar-refractivity contribution in [3.8, 4) is 34.5 Å². The first-order valence-corrected chi connectivity index (χ1v) is 7.51. The summed E-state index contributed by atoms with van der Waals surface area (Å²) < 4.78 is 22.3. The number of methoxy groups -OCH3 is 2. The number of para-hydroxylation sites is 2. The van der Waals surface area contributed by atoms with E-state index in [4.69, 9.17) is 18.9 Å². The van der Waals surface area contributed by atoms with Gasteiger partial charge in [-0.2, -0.15) is 0 Å². The summed E-state index contributed by atoms with van der Waals surface area (Å²) in [7, 11) is 3.25. The zero-order chi connectivity index (χ0) is 16.8. The van der Waals surface area contributed by atoms with Gasteiger partial charge in [0.05, 0.1) is 14.2 Å². The van der Waals surface area contributed by atoms with Crippen LogP contribution in [0.2, 0.25) is 0 Å². The van der Waals surface area contributed by atoms with Crippen LogP contribution in [0.5, 0.6) is 34.5 Å². The van der Waals surface area contributed by atoms with Crippen molar-refractivity contribution in [3.05, 3.63) is 72.8 Å². The molecule has 0 radical (unpaired) electrons. The standard InChI is InChI=1S/C20H18O4/c1-21-15-7-5-9-17(13-15)23-19-11-3-4-12-20(19)24-18-10-6-8-16(14-18)22-2/h3-14H,1-2H3. The number of benzene rings is 3. The maximum atomic E-state index is 5.94. The molecule has 0 saturated carbocycles. The summed E-state index contributed by atoms with van der Waals surface area (Å²) in [5.41, 5.74) is 0. The van der Waals surface area contributed by atoms with Crippen molar-refractivity contribution in [2.24, 2.45) is 0 Å². The van der Waals surface area contributed by atoms with Gasteiger partial charge in [0.15, 0.2) is 11.5 Å². The van der Waals surface area contributed by atoms with Crippen molar-refractivity contribution in [1.29, 1.82) is 0 Å². The molecular weight excluding hydrogens is 304 g/mol. The van der Waals surface area contributed by atoms with Gasteiger partial charge in [0, 0.05) is 12.1 Å². The topological polar surface area (TPSA) is 36.9 Å². The van der Waals surface area contributed by atoms with Gasteiger partial charge in [0.2, 0.25) is 0 Å². The molecule has 0 aromatic heterocycles. The van der Waals surface area contributed by atoms with E-state index in [2.05, 4.69) is 0 Å². The Morgan fingerprint density at radius 2 is 0.917 bits per heavy atom. The van der Waals surface area contributed by atoms with Gasteiger partial charge in [-0.1, -0.05) is 24.3 Å². The Bertz CT molecular complexity index is 745. The summed E-state index contributed by atoms with van der Waals surface area (Å²) in [5, 5.41) is 0. The molecule has 0 N–H and O–H groups in total. The minimum atomic E-state index is 0.619. The molecule has 24 heavy (non-hydrogen) atoms. The molecule has 122 valence electrons. The van der Waals surface area contributed by atoms with E-state index in [0.717, 1.165) is 11.5 Å². The predicted octanol–water partition coefficient (Wildman–Crippen LogP) is 5.29. The van der Waals surface area contributed by atoms with Gasteiger partial charge < -0.3 is 18.9 Å². The van der Waals surface area contributed by atoms with Crippen LogP contribution in [-0.4, -0.2) is 14.2 Å². The highest BCUT2D eigenvalue weighted by Crippen LogP contribution is 2.36. The van der Waals surface area contributed by atoms with E-state index < -0.39 is 0 Å². The van der Waals surface area contributed by atoms with Crippen molar-refractivity contribution in [2.75, 3.05) is 14.2 Å². The third-order valence-electron chi connectivity index (χ3n) is 3.39. The molecule has 0 aliphatic rings. The molecule has 4 heteroatoms. The Morgan fingerprint density at radius 3 is 1.33 bits per heavy atom. The lowest BCUT2D eigenvalue weighted by atomic mass is 10.3. The predicted molar refractivity (Wildman–Crippen MR) is 92.6 cm³/mol. The molecule has 0 atom stereocenters. The molecular formula is C20H18O4. The van der Waals surface area contributed by atoms with Crippen LogP contribution in [0, 0.1) is 0 Å². The molecule has 3 aromatic carbocycles. The summed E-state index contributed by atoms with van der Waals surface area (Å²) in [4.78, 5) is 0. The van der Waals surface area contributed by atoms with E-state index in [0.29, 0.717) is 23.0 Å². The fourth-order valence-corrected chi connectivity index (χ4v) is 2.20. The molecule has 3 aromatic rings. The summed E-state index contributed by atoms with van der Waals surface area (Å²) >= 11 is 0. The minimum Gasteiger partial charge on any atom is -0.497 e. The van der Waals surface area contributed by atoms with E-state index in [9.17, 15) is 0 Å². The van der Waals surface area contributed by atoms with E-state index in [-0.39, 0.29) is 0 Å². The average molecular weight is 322 g/mol. The molecule has 0 bridgehead atoms. The summed E-state index contributed by atoms with van der Waals surface area (Å²) in [6.07, 6.45) is 0. The fourth-order valence-electron chi connectivity index (χ4n) is 2.20. The third-order valence-corrected chi connectivity index (χ3v) is 3.39. The van der Waals surface area contributed by atoms with E-state index >= 15 is 0 Å². The highest BCUT2D eigenvalue weighted by atomic mass is 16.5. The Labute approximate surface area is 141 Å². The van der Waals surface area contributed by atoms with E-state index in [1.165, 1.54) is 0 Å². The minimum absolute atomic E-state index is 0.619. The molecule has 4 nitrogen and oxygen atoms in total. The van der Waals surface area contributed by atoms with Crippen molar-refractivity contribution in [3.63, 3.8) is 0 Å². The second-order valence-electron chi connectivity index (χ2n) is 5.01. The van der Waals surface area contributed by atoms with Crippen molar-refractivity contribution in [2.45, 2.75) is 0 Å². The number of ether oxygens (including phenoxy) is 4. The Morgan fingerprint density at radius 1 is 0.500 bits per heavy atom. The maximum absolute atomic E-state index is 5.94. The first-order valence-electron chi connectivity index (χ1n) is 7.51. The Hall–Kier alpha value is -3.14.